The standard InChI is InChI=1S/C24H17F4NO5S/c1-13-18(12-21(30)31)22-20(29-13)10-9-19(25)23(22)35(32,33)17-7-5-15(6-8-17)34-16-4-2-3-14(11-16)24(26,27)28/h2-11,13H,12H2,1H3,(H,30,31). The number of ether oxygens (including phenoxy) is 1. The normalized spacial score (nSPS) is 15.5. The van der Waals surface area contributed by atoms with Gasteiger partial charge in [-0.05, 0) is 67.1 Å². The van der Waals surface area contributed by atoms with Crippen molar-refractivity contribution in [2.24, 2.45) is 4.99 Å². The average Bonchev–Trinajstić information content (AvgIpc) is 3.08. The van der Waals surface area contributed by atoms with Crippen LogP contribution in [-0.2, 0) is 20.8 Å². The summed E-state index contributed by atoms with van der Waals surface area (Å²) in [7, 11) is -4.46. The summed E-state index contributed by atoms with van der Waals surface area (Å²) in [5.74, 6) is -2.31. The maximum Gasteiger partial charge on any atom is 0.416 e. The van der Waals surface area contributed by atoms with Gasteiger partial charge >= 0.3 is 12.1 Å². The van der Waals surface area contributed by atoms with Crippen molar-refractivity contribution in [2.45, 2.75) is 35.4 Å². The first-order chi connectivity index (χ1) is 16.4. The number of halogens is 4. The molecule has 1 unspecified atom stereocenters. The summed E-state index contributed by atoms with van der Waals surface area (Å²) in [6, 6.07) is 10.5. The van der Waals surface area contributed by atoms with E-state index in [1.807, 2.05) is 0 Å². The Hall–Kier alpha value is -3.73. The smallest absolute Gasteiger partial charge is 0.416 e. The molecule has 0 amide bonds. The second kappa shape index (κ2) is 8.81. The second-order valence-corrected chi connectivity index (χ2v) is 9.66. The van der Waals surface area contributed by atoms with Crippen LogP contribution in [0.25, 0.3) is 5.57 Å². The molecule has 1 heterocycles. The van der Waals surface area contributed by atoms with Gasteiger partial charge in [-0.15, -0.1) is 0 Å². The van der Waals surface area contributed by atoms with Crippen molar-refractivity contribution in [2.75, 3.05) is 0 Å². The highest BCUT2D eigenvalue weighted by atomic mass is 32.2. The molecule has 11 heteroatoms. The van der Waals surface area contributed by atoms with Crippen molar-refractivity contribution in [1.29, 1.82) is 0 Å². The Morgan fingerprint density at radius 1 is 1.06 bits per heavy atom. The number of carbonyl (C=O) groups is 1. The molecule has 35 heavy (non-hydrogen) atoms. The van der Waals surface area contributed by atoms with Crippen LogP contribution in [0.4, 0.5) is 17.6 Å². The Kier molecular flexibility index (Phi) is 6.14. The van der Waals surface area contributed by atoms with Crippen molar-refractivity contribution in [1.82, 2.24) is 0 Å². The van der Waals surface area contributed by atoms with E-state index in [0.717, 1.165) is 30.3 Å². The van der Waals surface area contributed by atoms with E-state index in [-0.39, 0.29) is 32.5 Å². The van der Waals surface area contributed by atoms with Crippen molar-refractivity contribution in [3.8, 4) is 11.5 Å². The molecule has 4 rings (SSSR count). The highest BCUT2D eigenvalue weighted by molar-refractivity contribution is 7.91. The lowest BCUT2D eigenvalue weighted by atomic mass is 10.0. The molecule has 6 nitrogen and oxygen atoms in total. The van der Waals surface area contributed by atoms with Gasteiger partial charge in [0.05, 0.1) is 28.3 Å². The average molecular weight is 507 g/mol. The van der Waals surface area contributed by atoms with Crippen LogP contribution in [-0.4, -0.2) is 25.5 Å². The van der Waals surface area contributed by atoms with Crippen LogP contribution in [0.3, 0.4) is 0 Å². The van der Waals surface area contributed by atoms with Gasteiger partial charge in [-0.2, -0.15) is 13.2 Å². The summed E-state index contributed by atoms with van der Waals surface area (Å²) in [4.78, 5) is 14.6. The molecule has 0 aromatic heterocycles. The van der Waals surface area contributed by atoms with Gasteiger partial charge in [-0.1, -0.05) is 6.07 Å². The topological polar surface area (TPSA) is 93.0 Å². The highest BCUT2D eigenvalue weighted by Gasteiger charge is 2.31. The van der Waals surface area contributed by atoms with E-state index in [9.17, 15) is 35.9 Å². The molecule has 1 aliphatic rings. The SMILES string of the molecule is CC1N=c2ccc(F)c(S(=O)(=O)c3ccc(Oc4cccc(C(F)(F)F)c4)cc3)c2=C1CC(=O)O. The van der Waals surface area contributed by atoms with Crippen molar-refractivity contribution >= 4 is 21.4 Å². The number of carboxylic acids is 1. The number of sulfone groups is 1. The molecule has 0 bridgehead atoms. The Morgan fingerprint density at radius 3 is 2.37 bits per heavy atom. The number of alkyl halides is 3. The van der Waals surface area contributed by atoms with Gasteiger partial charge in [0.15, 0.2) is 0 Å². The Labute approximate surface area is 196 Å². The Balaban J connectivity index is 1.73. The predicted octanol–water partition coefficient (Wildman–Crippen LogP) is 4.12. The van der Waals surface area contributed by atoms with Gasteiger partial charge in [0.1, 0.15) is 22.2 Å². The zero-order chi connectivity index (χ0) is 25.5. The third-order valence-corrected chi connectivity index (χ3v) is 7.22. The lowest BCUT2D eigenvalue weighted by molar-refractivity contribution is -0.138. The monoisotopic (exact) mass is 507 g/mol. The first-order valence-corrected chi connectivity index (χ1v) is 11.7. The Morgan fingerprint density at radius 2 is 1.74 bits per heavy atom. The molecule has 1 aliphatic heterocycles. The van der Waals surface area contributed by atoms with Gasteiger partial charge in [0.2, 0.25) is 9.84 Å². The van der Waals surface area contributed by atoms with Crippen molar-refractivity contribution < 1.29 is 40.6 Å². The summed E-state index contributed by atoms with van der Waals surface area (Å²) in [5.41, 5.74) is -0.731. The van der Waals surface area contributed by atoms with Gasteiger partial charge in [0, 0.05) is 5.22 Å². The predicted molar refractivity (Wildman–Crippen MR) is 116 cm³/mol. The lowest BCUT2D eigenvalue weighted by Gasteiger charge is -2.11. The molecule has 3 aromatic carbocycles. The zero-order valence-corrected chi connectivity index (χ0v) is 18.8. The first-order valence-electron chi connectivity index (χ1n) is 10.2. The molecule has 0 saturated carbocycles. The molecule has 0 saturated heterocycles. The minimum atomic E-state index is -4.56. The molecular weight excluding hydrogens is 490 g/mol. The number of hydrogen-bond donors (Lipinski definition) is 1. The molecule has 0 fully saturated rings. The van der Waals surface area contributed by atoms with Crippen LogP contribution >= 0.6 is 0 Å². The molecule has 1 atom stereocenters. The van der Waals surface area contributed by atoms with Gasteiger partial charge in [-0.25, -0.2) is 12.8 Å². The number of aliphatic carboxylic acids is 1. The third-order valence-electron chi connectivity index (χ3n) is 5.39. The van der Waals surface area contributed by atoms with E-state index in [2.05, 4.69) is 4.99 Å². The molecule has 1 N–H and O–H groups in total. The number of fused-ring (bicyclic) bond motifs is 1. The van der Waals surface area contributed by atoms with Crippen LogP contribution in [0.2, 0.25) is 0 Å². The van der Waals surface area contributed by atoms with Gasteiger partial charge in [0.25, 0.3) is 0 Å². The largest absolute Gasteiger partial charge is 0.481 e. The van der Waals surface area contributed by atoms with Crippen molar-refractivity contribution in [3.05, 3.63) is 82.6 Å². The highest BCUT2D eigenvalue weighted by Crippen LogP contribution is 2.33. The van der Waals surface area contributed by atoms with Crippen LogP contribution in [0.1, 0.15) is 18.9 Å². The summed E-state index contributed by atoms with van der Waals surface area (Å²) in [6.45, 7) is 1.59. The Bertz CT molecular complexity index is 1550. The number of hydrogen-bond acceptors (Lipinski definition) is 5. The van der Waals surface area contributed by atoms with Crippen molar-refractivity contribution in [3.63, 3.8) is 0 Å². The molecule has 0 aliphatic carbocycles. The summed E-state index contributed by atoms with van der Waals surface area (Å²) in [6.07, 6.45) is -5.06. The first kappa shape index (κ1) is 24.4. The summed E-state index contributed by atoms with van der Waals surface area (Å²) >= 11 is 0. The van der Waals surface area contributed by atoms with E-state index in [1.54, 1.807) is 6.92 Å². The zero-order valence-electron chi connectivity index (χ0n) is 18.0. The van der Waals surface area contributed by atoms with E-state index in [1.165, 1.54) is 30.3 Å². The van der Waals surface area contributed by atoms with E-state index < -0.39 is 50.7 Å². The quantitative estimate of drug-likeness (QED) is 0.507. The van der Waals surface area contributed by atoms with Crippen LogP contribution < -0.4 is 15.3 Å². The minimum Gasteiger partial charge on any atom is -0.481 e. The van der Waals surface area contributed by atoms with Gasteiger partial charge < -0.3 is 9.84 Å². The molecule has 182 valence electrons. The molecule has 0 spiro atoms. The van der Waals surface area contributed by atoms with Crippen LogP contribution in [0.5, 0.6) is 11.5 Å². The number of nitrogens with zero attached hydrogens (tertiary/aromatic N) is 1. The van der Waals surface area contributed by atoms with Gasteiger partial charge in [-0.3, -0.25) is 9.79 Å². The van der Waals surface area contributed by atoms with Crippen LogP contribution in [0.15, 0.2) is 75.4 Å². The number of rotatable bonds is 6. The van der Waals surface area contributed by atoms with E-state index in [4.69, 9.17) is 4.74 Å². The maximum atomic E-state index is 14.9. The maximum absolute atomic E-state index is 14.9. The third kappa shape index (κ3) is 4.76. The van der Waals surface area contributed by atoms with Crippen LogP contribution in [0, 0.1) is 5.82 Å². The summed E-state index contributed by atoms with van der Waals surface area (Å²) in [5, 5.41) is 9.34. The lowest BCUT2D eigenvalue weighted by Crippen LogP contribution is -2.32. The molecular formula is C24H17F4NO5S. The fraction of sp³-hybridized carbons (Fsp3) is 0.167. The number of benzene rings is 3. The van der Waals surface area contributed by atoms with E-state index in [0.29, 0.717) is 0 Å². The number of carboxylic acid groups (broad SMARTS) is 1. The second-order valence-electron chi connectivity index (χ2n) is 7.77. The molecule has 0 radical (unpaired) electrons. The minimum absolute atomic E-state index is 0.0591. The molecule has 3 aromatic rings. The fourth-order valence-corrected chi connectivity index (χ4v) is 5.36. The summed E-state index contributed by atoms with van der Waals surface area (Å²) < 4.78 is 85.7. The fourth-order valence-electron chi connectivity index (χ4n) is 3.80. The van der Waals surface area contributed by atoms with E-state index >= 15 is 0 Å².